The fourth-order valence-electron chi connectivity index (χ4n) is 3.80. The lowest BCUT2D eigenvalue weighted by Crippen LogP contribution is -2.36. The summed E-state index contributed by atoms with van der Waals surface area (Å²) in [6.07, 6.45) is 0.0259. The molecule has 3 atom stereocenters. The molecule has 1 fully saturated rings. The van der Waals surface area contributed by atoms with Gasteiger partial charge in [0.25, 0.3) is 0 Å². The van der Waals surface area contributed by atoms with Crippen molar-refractivity contribution in [3.05, 3.63) is 34.9 Å². The van der Waals surface area contributed by atoms with Gasteiger partial charge in [0.1, 0.15) is 23.1 Å². The smallest absolute Gasteiger partial charge is 0.407 e. The summed E-state index contributed by atoms with van der Waals surface area (Å²) in [6.45, 7) is 3.98. The van der Waals surface area contributed by atoms with Gasteiger partial charge in [-0.3, -0.25) is 9.50 Å². The van der Waals surface area contributed by atoms with Crippen molar-refractivity contribution in [2.45, 2.75) is 57.5 Å². The molecule has 0 aliphatic heterocycles. The van der Waals surface area contributed by atoms with Crippen LogP contribution in [0.1, 0.15) is 44.0 Å². The second kappa shape index (κ2) is 9.29. The Labute approximate surface area is 188 Å². The number of imidazole rings is 1. The Morgan fingerprint density at radius 1 is 1.38 bits per heavy atom. The topological polar surface area (TPSA) is 118 Å². The number of fused-ring (bicyclic) bond motifs is 1. The van der Waals surface area contributed by atoms with Gasteiger partial charge in [-0.1, -0.05) is 11.6 Å². The molecule has 0 aromatic carbocycles. The Morgan fingerprint density at radius 2 is 2.19 bits per heavy atom. The molecule has 4 rings (SSSR count). The van der Waals surface area contributed by atoms with Crippen molar-refractivity contribution in [1.29, 1.82) is 0 Å². The van der Waals surface area contributed by atoms with Gasteiger partial charge in [0, 0.05) is 43.1 Å². The largest absolute Gasteiger partial charge is 0.443 e. The molecule has 0 bridgehead atoms. The molecule has 3 N–H and O–H groups in total. The van der Waals surface area contributed by atoms with E-state index in [-0.39, 0.29) is 11.2 Å². The number of methoxy groups -OCH3 is 1. The van der Waals surface area contributed by atoms with Crippen LogP contribution in [0.3, 0.4) is 0 Å². The molecular formula is C20H25ClFN7O3. The molecule has 0 saturated heterocycles. The molecule has 0 radical (unpaired) electrons. The van der Waals surface area contributed by atoms with Crippen LogP contribution in [0, 0.1) is 0 Å². The SMILES string of the molecule is COCc1cn2c(Nc3cc([C@@H]4CC[C@H](OC(=O)NC(C)C)[C@@H]4F)[nH]n3)nc(Cl)cc2n1. The molecule has 12 heteroatoms. The number of ether oxygens (including phenoxy) is 2. The van der Waals surface area contributed by atoms with E-state index in [2.05, 4.69) is 30.8 Å². The number of carbonyl (C=O) groups excluding carboxylic acids is 1. The van der Waals surface area contributed by atoms with Crippen LogP contribution in [0.2, 0.25) is 5.15 Å². The molecule has 172 valence electrons. The summed E-state index contributed by atoms with van der Waals surface area (Å²) in [4.78, 5) is 20.6. The van der Waals surface area contributed by atoms with E-state index in [1.54, 1.807) is 29.8 Å². The van der Waals surface area contributed by atoms with E-state index >= 15 is 0 Å². The standard InChI is InChI=1S/C20H25ClFN7O3/c1-10(2)23-20(30)32-14-5-4-12(18(14)22)13-6-16(28-27-13)26-19-25-15(21)7-17-24-11(9-31-3)8-29(17)19/h6-8,10,12,14,18H,4-5,9H2,1-3H3,(H,23,30)(H2,25,26,27,28)/t12-,14-,18+/m0/s1. The number of aromatic nitrogens is 5. The molecule has 3 heterocycles. The summed E-state index contributed by atoms with van der Waals surface area (Å²) in [7, 11) is 1.59. The highest BCUT2D eigenvalue weighted by molar-refractivity contribution is 6.29. The fourth-order valence-corrected chi connectivity index (χ4v) is 3.98. The third kappa shape index (κ3) is 4.78. The number of alkyl carbamates (subject to hydrolysis) is 1. The number of H-pyrrole nitrogens is 1. The fraction of sp³-hybridized carbons (Fsp3) is 0.500. The first kappa shape index (κ1) is 22.3. The average molecular weight is 466 g/mol. The summed E-state index contributed by atoms with van der Waals surface area (Å²) < 4.78 is 27.1. The van der Waals surface area contributed by atoms with Crippen molar-refractivity contribution in [3.8, 4) is 0 Å². The number of anilines is 2. The lowest BCUT2D eigenvalue weighted by molar-refractivity contribution is 0.0555. The van der Waals surface area contributed by atoms with Gasteiger partial charge in [-0.25, -0.2) is 19.2 Å². The Kier molecular flexibility index (Phi) is 6.47. The molecule has 3 aromatic heterocycles. The highest BCUT2D eigenvalue weighted by atomic mass is 35.5. The van der Waals surface area contributed by atoms with Crippen LogP contribution >= 0.6 is 11.6 Å². The maximum absolute atomic E-state index is 15.0. The van der Waals surface area contributed by atoms with E-state index in [1.807, 2.05) is 13.8 Å². The van der Waals surface area contributed by atoms with Gasteiger partial charge in [-0.05, 0) is 26.7 Å². The number of hydrogen-bond donors (Lipinski definition) is 3. The Bertz CT molecular complexity index is 1100. The summed E-state index contributed by atoms with van der Waals surface area (Å²) in [5.41, 5.74) is 1.94. The average Bonchev–Trinajstić information content (AvgIpc) is 3.41. The van der Waals surface area contributed by atoms with Gasteiger partial charge in [0.05, 0.1) is 12.3 Å². The predicted octanol–water partition coefficient (Wildman–Crippen LogP) is 3.71. The number of nitrogens with one attached hydrogen (secondary N) is 3. The van der Waals surface area contributed by atoms with Crippen LogP contribution in [-0.2, 0) is 16.1 Å². The van der Waals surface area contributed by atoms with Crippen LogP contribution in [0.25, 0.3) is 5.65 Å². The number of nitrogens with zero attached hydrogens (tertiary/aromatic N) is 4. The molecule has 0 spiro atoms. The molecule has 10 nitrogen and oxygen atoms in total. The number of halogens is 2. The first-order valence-electron chi connectivity index (χ1n) is 10.3. The first-order chi connectivity index (χ1) is 15.3. The Morgan fingerprint density at radius 3 is 2.94 bits per heavy atom. The maximum atomic E-state index is 15.0. The van der Waals surface area contributed by atoms with Gasteiger partial charge < -0.3 is 20.1 Å². The van der Waals surface area contributed by atoms with E-state index < -0.39 is 24.3 Å². The molecule has 0 unspecified atom stereocenters. The monoisotopic (exact) mass is 465 g/mol. The highest BCUT2D eigenvalue weighted by Gasteiger charge is 2.40. The Balaban J connectivity index is 1.47. The predicted molar refractivity (Wildman–Crippen MR) is 116 cm³/mol. The summed E-state index contributed by atoms with van der Waals surface area (Å²) >= 11 is 6.13. The van der Waals surface area contributed by atoms with E-state index in [0.29, 0.717) is 42.6 Å². The zero-order valence-electron chi connectivity index (χ0n) is 17.9. The number of hydrogen-bond acceptors (Lipinski definition) is 7. The minimum absolute atomic E-state index is 0.0772. The number of alkyl halides is 1. The number of aromatic amines is 1. The zero-order chi connectivity index (χ0) is 22.8. The first-order valence-corrected chi connectivity index (χ1v) is 10.7. The summed E-state index contributed by atoms with van der Waals surface area (Å²) in [6, 6.07) is 3.28. The van der Waals surface area contributed by atoms with E-state index in [4.69, 9.17) is 21.1 Å². The highest BCUT2D eigenvalue weighted by Crippen LogP contribution is 2.38. The van der Waals surface area contributed by atoms with Crippen LogP contribution < -0.4 is 10.6 Å². The summed E-state index contributed by atoms with van der Waals surface area (Å²) in [5, 5.41) is 13.1. The maximum Gasteiger partial charge on any atom is 0.407 e. The van der Waals surface area contributed by atoms with E-state index in [1.165, 1.54) is 0 Å². The van der Waals surface area contributed by atoms with Gasteiger partial charge in [-0.2, -0.15) is 5.10 Å². The molecule has 1 aliphatic carbocycles. The van der Waals surface area contributed by atoms with Gasteiger partial charge in [0.2, 0.25) is 5.95 Å². The Hall–Kier alpha value is -2.92. The minimum atomic E-state index is -1.33. The van der Waals surface area contributed by atoms with Crippen LogP contribution in [0.5, 0.6) is 0 Å². The lowest BCUT2D eigenvalue weighted by atomic mass is 10.0. The van der Waals surface area contributed by atoms with Crippen molar-refractivity contribution < 1.29 is 18.7 Å². The molecule has 1 saturated carbocycles. The molecule has 1 amide bonds. The van der Waals surface area contributed by atoms with Crippen molar-refractivity contribution in [2.24, 2.45) is 0 Å². The van der Waals surface area contributed by atoms with Crippen LogP contribution in [-0.4, -0.2) is 56.1 Å². The normalized spacial score (nSPS) is 20.8. The summed E-state index contributed by atoms with van der Waals surface area (Å²) in [5.74, 6) is 0.408. The number of carbonyl (C=O) groups is 1. The third-order valence-corrected chi connectivity index (χ3v) is 5.36. The number of amides is 1. The zero-order valence-corrected chi connectivity index (χ0v) is 18.7. The second-order valence-corrected chi connectivity index (χ2v) is 8.39. The van der Waals surface area contributed by atoms with Crippen molar-refractivity contribution in [1.82, 2.24) is 29.9 Å². The molecule has 32 heavy (non-hydrogen) atoms. The minimum Gasteiger partial charge on any atom is -0.443 e. The third-order valence-electron chi connectivity index (χ3n) is 5.17. The van der Waals surface area contributed by atoms with Gasteiger partial charge >= 0.3 is 6.09 Å². The van der Waals surface area contributed by atoms with Crippen LogP contribution in [0.15, 0.2) is 18.3 Å². The van der Waals surface area contributed by atoms with Crippen LogP contribution in [0.4, 0.5) is 21.0 Å². The molecule has 3 aromatic rings. The van der Waals surface area contributed by atoms with Gasteiger partial charge in [-0.15, -0.1) is 0 Å². The second-order valence-electron chi connectivity index (χ2n) is 8.00. The van der Waals surface area contributed by atoms with E-state index in [0.717, 1.165) is 5.69 Å². The van der Waals surface area contributed by atoms with Crippen molar-refractivity contribution in [2.75, 3.05) is 12.4 Å². The quantitative estimate of drug-likeness (QED) is 0.455. The number of rotatable bonds is 7. The lowest BCUT2D eigenvalue weighted by Gasteiger charge is -2.18. The van der Waals surface area contributed by atoms with Gasteiger partial charge in [0.15, 0.2) is 5.82 Å². The van der Waals surface area contributed by atoms with Crippen molar-refractivity contribution in [3.63, 3.8) is 0 Å². The van der Waals surface area contributed by atoms with E-state index in [9.17, 15) is 9.18 Å². The molecule has 1 aliphatic rings. The van der Waals surface area contributed by atoms with Crippen molar-refractivity contribution >= 4 is 35.1 Å². The molecular weight excluding hydrogens is 441 g/mol.